The fourth-order valence-electron chi connectivity index (χ4n) is 4.42. The van der Waals surface area contributed by atoms with Gasteiger partial charge in [-0.2, -0.15) is 0 Å². The predicted octanol–water partition coefficient (Wildman–Crippen LogP) is 6.30. The summed E-state index contributed by atoms with van der Waals surface area (Å²) in [5.74, 6) is 1.40. The molecule has 2 aromatic carbocycles. The highest BCUT2D eigenvalue weighted by Crippen LogP contribution is 2.45. The van der Waals surface area contributed by atoms with Gasteiger partial charge in [-0.3, -0.25) is 4.79 Å². The Morgan fingerprint density at radius 2 is 1.87 bits per heavy atom. The van der Waals surface area contributed by atoms with E-state index in [0.717, 1.165) is 11.3 Å². The van der Waals surface area contributed by atoms with Crippen LogP contribution in [0.4, 0.5) is 0 Å². The first-order valence-electron chi connectivity index (χ1n) is 12.7. The van der Waals surface area contributed by atoms with Crippen molar-refractivity contribution in [3.8, 4) is 11.5 Å². The van der Waals surface area contributed by atoms with Crippen LogP contribution in [0.15, 0.2) is 105 Å². The highest BCUT2D eigenvalue weighted by molar-refractivity contribution is 8.16. The number of para-hydroxylation sites is 1. The second-order valence-corrected chi connectivity index (χ2v) is 10.2. The average molecular weight is 544 g/mol. The Morgan fingerprint density at radius 3 is 2.62 bits per heavy atom. The molecule has 2 aliphatic heterocycles. The first kappa shape index (κ1) is 26.4. The fourth-order valence-corrected chi connectivity index (χ4v) is 5.39. The molecule has 3 aromatic rings. The summed E-state index contributed by atoms with van der Waals surface area (Å²) in [5.41, 5.74) is 2.55. The van der Waals surface area contributed by atoms with Crippen molar-refractivity contribution in [2.24, 2.45) is 4.99 Å². The van der Waals surface area contributed by atoms with E-state index >= 15 is 0 Å². The maximum absolute atomic E-state index is 13.4. The molecule has 9 heteroatoms. The number of carbonyl (C=O) groups is 2. The Kier molecular flexibility index (Phi) is 7.88. The number of rotatable bonds is 9. The molecular weight excluding hydrogens is 514 g/mol. The van der Waals surface area contributed by atoms with Crippen LogP contribution >= 0.6 is 11.8 Å². The van der Waals surface area contributed by atoms with Gasteiger partial charge in [0, 0.05) is 5.70 Å². The van der Waals surface area contributed by atoms with Crippen molar-refractivity contribution < 1.29 is 23.5 Å². The molecule has 0 spiro atoms. The molecule has 2 aliphatic rings. The number of amidine groups is 1. The van der Waals surface area contributed by atoms with Gasteiger partial charge in [0.05, 0.1) is 42.6 Å². The van der Waals surface area contributed by atoms with Gasteiger partial charge in [-0.15, -0.1) is 0 Å². The summed E-state index contributed by atoms with van der Waals surface area (Å²) in [7, 11) is 0. The third-order valence-electron chi connectivity index (χ3n) is 6.10. The van der Waals surface area contributed by atoms with Crippen LogP contribution < -0.4 is 10.1 Å². The summed E-state index contributed by atoms with van der Waals surface area (Å²) in [6.07, 6.45) is 1.38. The molecule has 0 saturated carbocycles. The largest absolute Gasteiger partial charge is 0.467 e. The lowest BCUT2D eigenvalue weighted by atomic mass is 9.93. The zero-order chi connectivity index (χ0) is 27.4. The Balaban J connectivity index is 1.46. The first-order valence-corrected chi connectivity index (χ1v) is 13.5. The van der Waals surface area contributed by atoms with Crippen molar-refractivity contribution in [1.29, 1.82) is 0 Å². The Bertz CT molecular complexity index is 1440. The van der Waals surface area contributed by atoms with Gasteiger partial charge in [0.15, 0.2) is 5.17 Å². The monoisotopic (exact) mass is 543 g/mol. The third-order valence-corrected chi connectivity index (χ3v) is 6.99. The van der Waals surface area contributed by atoms with Crippen LogP contribution in [0.25, 0.3) is 0 Å². The number of carbonyl (C=O) groups excluding carboxylic acids is 2. The smallest absolute Gasteiger partial charge is 0.338 e. The summed E-state index contributed by atoms with van der Waals surface area (Å²) >= 11 is 1.43. The normalized spacial score (nSPS) is 16.5. The number of allylic oxidation sites excluding steroid dienone is 1. The van der Waals surface area contributed by atoms with Crippen molar-refractivity contribution in [2.75, 3.05) is 0 Å². The third kappa shape index (κ3) is 6.09. The van der Waals surface area contributed by atoms with E-state index in [1.54, 1.807) is 18.4 Å². The van der Waals surface area contributed by atoms with Gasteiger partial charge in [0.2, 0.25) is 5.91 Å². The van der Waals surface area contributed by atoms with Crippen LogP contribution in [-0.2, 0) is 20.9 Å². The van der Waals surface area contributed by atoms with E-state index in [9.17, 15) is 9.59 Å². The van der Waals surface area contributed by atoms with Gasteiger partial charge in [0.1, 0.15) is 17.3 Å². The second kappa shape index (κ2) is 11.7. The number of ether oxygens (including phenoxy) is 2. The van der Waals surface area contributed by atoms with Gasteiger partial charge >= 0.3 is 5.97 Å². The second-order valence-electron chi connectivity index (χ2n) is 9.37. The van der Waals surface area contributed by atoms with Gasteiger partial charge < -0.3 is 24.1 Å². The van der Waals surface area contributed by atoms with Crippen LogP contribution in [0, 0.1) is 0 Å². The minimum Gasteiger partial charge on any atom is -0.467 e. The molecule has 1 amide bonds. The molecule has 8 nitrogen and oxygen atoms in total. The highest BCUT2D eigenvalue weighted by atomic mass is 32.2. The van der Waals surface area contributed by atoms with E-state index in [1.807, 2.05) is 85.7 Å². The molecule has 0 aliphatic carbocycles. The quantitative estimate of drug-likeness (QED) is 0.316. The highest BCUT2D eigenvalue weighted by Gasteiger charge is 2.41. The Hall–Kier alpha value is -4.24. The molecule has 0 unspecified atom stereocenters. The summed E-state index contributed by atoms with van der Waals surface area (Å²) < 4.78 is 17.1. The maximum Gasteiger partial charge on any atom is 0.338 e. The van der Waals surface area contributed by atoms with Crippen LogP contribution in [0.1, 0.15) is 44.6 Å². The van der Waals surface area contributed by atoms with Gasteiger partial charge in [-0.1, -0.05) is 42.1 Å². The fraction of sp³-hybridized carbons (Fsp3) is 0.233. The average Bonchev–Trinajstić information content (AvgIpc) is 3.57. The predicted molar refractivity (Wildman–Crippen MR) is 150 cm³/mol. The molecule has 0 saturated heterocycles. The zero-order valence-corrected chi connectivity index (χ0v) is 22.7. The Labute approximate surface area is 231 Å². The van der Waals surface area contributed by atoms with E-state index in [2.05, 4.69) is 5.32 Å². The number of aliphatic imine (C=N–C) groups is 1. The molecule has 1 aromatic heterocycles. The Morgan fingerprint density at radius 1 is 1.08 bits per heavy atom. The molecular formula is C30H29N3O5S. The lowest BCUT2D eigenvalue weighted by Gasteiger charge is -2.36. The molecule has 1 atom stereocenters. The molecule has 39 heavy (non-hydrogen) atoms. The number of amides is 1. The van der Waals surface area contributed by atoms with Crippen molar-refractivity contribution >= 4 is 28.8 Å². The van der Waals surface area contributed by atoms with Gasteiger partial charge in [-0.05, 0) is 68.1 Å². The summed E-state index contributed by atoms with van der Waals surface area (Å²) in [5, 5.41) is 5.50. The summed E-state index contributed by atoms with van der Waals surface area (Å²) in [6.45, 7) is 5.73. The topological polar surface area (TPSA) is 93.4 Å². The molecule has 1 N–H and O–H groups in total. The number of benzene rings is 2. The van der Waals surface area contributed by atoms with E-state index in [1.165, 1.54) is 11.8 Å². The van der Waals surface area contributed by atoms with Crippen LogP contribution in [0.3, 0.4) is 0 Å². The van der Waals surface area contributed by atoms with Crippen LogP contribution in [0.2, 0.25) is 0 Å². The summed E-state index contributed by atoms with van der Waals surface area (Å²) in [4.78, 5) is 33.0. The zero-order valence-electron chi connectivity index (χ0n) is 21.9. The number of esters is 1. The number of nitrogens with zero attached hydrogens (tertiary/aromatic N) is 2. The molecule has 3 heterocycles. The maximum atomic E-state index is 13.4. The van der Waals surface area contributed by atoms with Crippen LogP contribution in [-0.4, -0.2) is 28.0 Å². The SMILES string of the molecule is CC1=C(C(=O)OC(C)C)[C@@H](c2cccc(Oc3ccccc3)c2)N2C(CC(=O)NCc3ccco3)=CSC2=N1. The standard InChI is InChI=1S/C30H29N3O5S/c1-19(2)37-29(35)27-20(3)32-30-33(22(18-39-30)16-26(34)31-17-25-13-8-14-36-25)28(27)21-9-7-12-24(15-21)38-23-10-5-4-6-11-23/h4-15,18-19,28H,16-17H2,1-3H3,(H,31,34)/t28-/m1/s1. The number of furan rings is 1. The number of hydrogen-bond donors (Lipinski definition) is 1. The van der Waals surface area contributed by atoms with Crippen molar-refractivity contribution in [1.82, 2.24) is 10.2 Å². The lowest BCUT2D eigenvalue weighted by molar-refractivity contribution is -0.143. The minimum absolute atomic E-state index is 0.106. The number of thioether (sulfide) groups is 1. The van der Waals surface area contributed by atoms with E-state index < -0.39 is 12.0 Å². The van der Waals surface area contributed by atoms with E-state index in [4.69, 9.17) is 18.9 Å². The van der Waals surface area contributed by atoms with Gasteiger partial charge in [0.25, 0.3) is 0 Å². The molecule has 200 valence electrons. The number of hydrogen-bond acceptors (Lipinski definition) is 8. The number of nitrogens with one attached hydrogen (secondary N) is 1. The van der Waals surface area contributed by atoms with Crippen molar-refractivity contribution in [3.63, 3.8) is 0 Å². The van der Waals surface area contributed by atoms with E-state index in [-0.39, 0.29) is 18.4 Å². The molecule has 0 bridgehead atoms. The molecule has 0 fully saturated rings. The number of fused-ring (bicyclic) bond motifs is 1. The van der Waals surface area contributed by atoms with E-state index in [0.29, 0.717) is 40.2 Å². The van der Waals surface area contributed by atoms with Gasteiger partial charge in [-0.25, -0.2) is 9.79 Å². The first-order chi connectivity index (χ1) is 18.9. The molecule has 0 radical (unpaired) electrons. The summed E-state index contributed by atoms with van der Waals surface area (Å²) in [6, 6.07) is 20.2. The van der Waals surface area contributed by atoms with Crippen molar-refractivity contribution in [2.45, 2.75) is 45.9 Å². The molecule has 5 rings (SSSR count). The lowest BCUT2D eigenvalue weighted by Crippen LogP contribution is -2.38. The van der Waals surface area contributed by atoms with Crippen LogP contribution in [0.5, 0.6) is 11.5 Å². The van der Waals surface area contributed by atoms with Crippen molar-refractivity contribution in [3.05, 3.63) is 107 Å². The minimum atomic E-state index is -0.554.